The first-order valence-electron chi connectivity index (χ1n) is 7.09. The molecule has 1 amide bonds. The van der Waals surface area contributed by atoms with Crippen LogP contribution in [0.5, 0.6) is 0 Å². The van der Waals surface area contributed by atoms with E-state index in [1.165, 1.54) is 0 Å². The molecule has 112 valence electrons. The molecule has 1 atom stereocenters. The van der Waals surface area contributed by atoms with Crippen molar-refractivity contribution in [2.75, 3.05) is 0 Å². The van der Waals surface area contributed by atoms with Crippen LogP contribution in [0.3, 0.4) is 0 Å². The van der Waals surface area contributed by atoms with Gasteiger partial charge in [-0.2, -0.15) is 10.1 Å². The van der Waals surface area contributed by atoms with E-state index in [0.717, 1.165) is 10.7 Å². The normalized spacial score (nSPS) is 20.8. The molecule has 0 saturated carbocycles. The number of aromatic nitrogens is 2. The highest BCUT2D eigenvalue weighted by Crippen LogP contribution is 2.36. The van der Waals surface area contributed by atoms with E-state index in [2.05, 4.69) is 15.1 Å². The molecule has 6 heteroatoms. The molecule has 22 heavy (non-hydrogen) atoms. The Balaban J connectivity index is 2.02. The van der Waals surface area contributed by atoms with E-state index in [0.29, 0.717) is 24.0 Å². The fourth-order valence-corrected chi connectivity index (χ4v) is 2.49. The fourth-order valence-electron chi connectivity index (χ4n) is 2.49. The lowest BCUT2D eigenvalue weighted by Crippen LogP contribution is -2.43. The summed E-state index contributed by atoms with van der Waals surface area (Å²) >= 11 is 0. The standard InChI is InChI=1S/C16H16N4O2/c1-2-14-11-16(22,13-5-9-18-10-6-13)20(19-14)15(21)12-3-7-17-8-4-12/h3-10,22H,2,11H2,1H3/t16-/m0/s1. The summed E-state index contributed by atoms with van der Waals surface area (Å²) in [5, 5.41) is 16.6. The van der Waals surface area contributed by atoms with Gasteiger partial charge in [-0.15, -0.1) is 0 Å². The van der Waals surface area contributed by atoms with Gasteiger partial charge < -0.3 is 5.11 Å². The lowest BCUT2D eigenvalue weighted by atomic mass is 9.97. The molecule has 0 bridgehead atoms. The Morgan fingerprint density at radius 2 is 1.77 bits per heavy atom. The Morgan fingerprint density at radius 1 is 1.18 bits per heavy atom. The molecular weight excluding hydrogens is 280 g/mol. The van der Waals surface area contributed by atoms with Crippen LogP contribution in [0.25, 0.3) is 0 Å². The minimum absolute atomic E-state index is 0.296. The minimum Gasteiger partial charge on any atom is -0.365 e. The molecule has 0 spiro atoms. The zero-order valence-electron chi connectivity index (χ0n) is 12.2. The van der Waals surface area contributed by atoms with Crippen LogP contribution < -0.4 is 0 Å². The predicted octanol–water partition coefficient (Wildman–Crippen LogP) is 1.93. The number of hydrogen-bond acceptors (Lipinski definition) is 5. The first kappa shape index (κ1) is 14.3. The number of nitrogens with zero attached hydrogens (tertiary/aromatic N) is 4. The van der Waals surface area contributed by atoms with Crippen molar-refractivity contribution in [2.45, 2.75) is 25.5 Å². The maximum atomic E-state index is 12.7. The molecule has 2 aromatic rings. The quantitative estimate of drug-likeness (QED) is 0.938. The van der Waals surface area contributed by atoms with Crippen molar-refractivity contribution in [1.29, 1.82) is 0 Å². The number of pyridine rings is 2. The summed E-state index contributed by atoms with van der Waals surface area (Å²) in [6.45, 7) is 1.95. The Hall–Kier alpha value is -2.60. The summed E-state index contributed by atoms with van der Waals surface area (Å²) in [5.41, 5.74) is 0.330. The van der Waals surface area contributed by atoms with Crippen molar-refractivity contribution in [3.05, 3.63) is 60.2 Å². The van der Waals surface area contributed by atoms with Crippen molar-refractivity contribution in [3.8, 4) is 0 Å². The van der Waals surface area contributed by atoms with Gasteiger partial charge >= 0.3 is 0 Å². The van der Waals surface area contributed by atoms with Gasteiger partial charge in [0, 0.05) is 48.0 Å². The van der Waals surface area contributed by atoms with Crippen LogP contribution in [0.4, 0.5) is 0 Å². The maximum absolute atomic E-state index is 12.7. The smallest absolute Gasteiger partial charge is 0.277 e. The predicted molar refractivity (Wildman–Crippen MR) is 80.9 cm³/mol. The van der Waals surface area contributed by atoms with Crippen LogP contribution in [-0.2, 0) is 5.72 Å². The molecule has 0 fully saturated rings. The fraction of sp³-hybridized carbons (Fsp3) is 0.250. The molecule has 0 aromatic carbocycles. The Kier molecular flexibility index (Phi) is 3.68. The second-order valence-electron chi connectivity index (χ2n) is 5.10. The maximum Gasteiger partial charge on any atom is 0.277 e. The van der Waals surface area contributed by atoms with Gasteiger partial charge in [0.05, 0.1) is 0 Å². The highest BCUT2D eigenvalue weighted by atomic mass is 16.3. The van der Waals surface area contributed by atoms with Gasteiger partial charge in [-0.25, -0.2) is 0 Å². The number of aliphatic hydroxyl groups is 1. The SMILES string of the molecule is CCC1=NN(C(=O)c2ccncc2)[C@@](O)(c2ccncc2)C1. The van der Waals surface area contributed by atoms with Crippen molar-refractivity contribution in [1.82, 2.24) is 15.0 Å². The topological polar surface area (TPSA) is 78.7 Å². The summed E-state index contributed by atoms with van der Waals surface area (Å²) in [4.78, 5) is 20.6. The van der Waals surface area contributed by atoms with E-state index in [1.807, 2.05) is 6.92 Å². The third-order valence-electron chi connectivity index (χ3n) is 3.71. The monoisotopic (exact) mass is 296 g/mol. The third-order valence-corrected chi connectivity index (χ3v) is 3.71. The molecule has 2 aromatic heterocycles. The molecule has 1 N–H and O–H groups in total. The van der Waals surface area contributed by atoms with Crippen LogP contribution in [0, 0.1) is 0 Å². The second kappa shape index (κ2) is 5.65. The summed E-state index contributed by atoms with van der Waals surface area (Å²) in [5.74, 6) is -0.356. The lowest BCUT2D eigenvalue weighted by molar-refractivity contribution is -0.0766. The zero-order valence-corrected chi connectivity index (χ0v) is 12.2. The van der Waals surface area contributed by atoms with E-state index in [9.17, 15) is 9.90 Å². The Labute approximate surface area is 128 Å². The number of hydrogen-bond donors (Lipinski definition) is 1. The Morgan fingerprint density at radius 3 is 2.36 bits per heavy atom. The van der Waals surface area contributed by atoms with E-state index < -0.39 is 5.72 Å². The molecule has 3 rings (SSSR count). The van der Waals surface area contributed by atoms with E-state index in [4.69, 9.17) is 0 Å². The van der Waals surface area contributed by atoms with Crippen molar-refractivity contribution >= 4 is 11.6 Å². The summed E-state index contributed by atoms with van der Waals surface area (Å²) < 4.78 is 0. The summed E-state index contributed by atoms with van der Waals surface area (Å²) in [7, 11) is 0. The van der Waals surface area contributed by atoms with E-state index in [-0.39, 0.29) is 5.91 Å². The van der Waals surface area contributed by atoms with Crippen LogP contribution in [0.2, 0.25) is 0 Å². The van der Waals surface area contributed by atoms with Crippen LogP contribution in [0.1, 0.15) is 35.7 Å². The van der Waals surface area contributed by atoms with Gasteiger partial charge in [0.2, 0.25) is 0 Å². The molecule has 1 aliphatic rings. The van der Waals surface area contributed by atoms with Crippen molar-refractivity contribution in [3.63, 3.8) is 0 Å². The molecule has 0 aliphatic carbocycles. The van der Waals surface area contributed by atoms with Gasteiger partial charge in [-0.3, -0.25) is 14.8 Å². The third kappa shape index (κ3) is 2.37. The number of carbonyl (C=O) groups excluding carboxylic acids is 1. The van der Waals surface area contributed by atoms with E-state index in [1.54, 1.807) is 49.1 Å². The first-order valence-corrected chi connectivity index (χ1v) is 7.09. The van der Waals surface area contributed by atoms with Crippen LogP contribution >= 0.6 is 0 Å². The average molecular weight is 296 g/mol. The highest BCUT2D eigenvalue weighted by molar-refractivity contribution is 5.98. The van der Waals surface area contributed by atoms with Crippen molar-refractivity contribution < 1.29 is 9.90 Å². The van der Waals surface area contributed by atoms with Crippen LogP contribution in [-0.4, -0.2) is 31.7 Å². The second-order valence-corrected chi connectivity index (χ2v) is 5.10. The summed E-state index contributed by atoms with van der Waals surface area (Å²) in [6.07, 6.45) is 7.23. The largest absolute Gasteiger partial charge is 0.365 e. The highest BCUT2D eigenvalue weighted by Gasteiger charge is 2.45. The molecule has 0 radical (unpaired) electrons. The number of amides is 1. The number of carbonyl (C=O) groups is 1. The minimum atomic E-state index is -1.48. The van der Waals surface area contributed by atoms with Gasteiger partial charge in [0.1, 0.15) is 0 Å². The van der Waals surface area contributed by atoms with Gasteiger partial charge in [-0.05, 0) is 30.7 Å². The molecule has 1 aliphatic heterocycles. The first-order chi connectivity index (χ1) is 10.6. The molecule has 6 nitrogen and oxygen atoms in total. The van der Waals surface area contributed by atoms with Gasteiger partial charge in [0.15, 0.2) is 5.72 Å². The van der Waals surface area contributed by atoms with Gasteiger partial charge in [-0.1, -0.05) is 6.92 Å². The molecule has 3 heterocycles. The lowest BCUT2D eigenvalue weighted by Gasteiger charge is -2.31. The Bertz CT molecular complexity index is 703. The molecular formula is C16H16N4O2. The number of hydrazone groups is 1. The average Bonchev–Trinajstić information content (AvgIpc) is 2.94. The molecule has 0 saturated heterocycles. The van der Waals surface area contributed by atoms with Gasteiger partial charge in [0.25, 0.3) is 5.91 Å². The van der Waals surface area contributed by atoms with Crippen molar-refractivity contribution in [2.24, 2.45) is 5.10 Å². The summed E-state index contributed by atoms with van der Waals surface area (Å²) in [6, 6.07) is 6.60. The van der Waals surface area contributed by atoms with E-state index >= 15 is 0 Å². The zero-order chi connectivity index (χ0) is 15.6. The van der Waals surface area contributed by atoms with Crippen LogP contribution in [0.15, 0.2) is 54.2 Å². The number of rotatable bonds is 3. The molecule has 0 unspecified atom stereocenters.